The fourth-order valence-corrected chi connectivity index (χ4v) is 4.70. The van der Waals surface area contributed by atoms with E-state index < -0.39 is 0 Å². The van der Waals surface area contributed by atoms with Crippen LogP contribution in [0.15, 0.2) is 22.5 Å². The Balaban J connectivity index is 1.57. The number of ether oxygens (including phenoxy) is 1. The van der Waals surface area contributed by atoms with Crippen LogP contribution >= 0.6 is 22.7 Å². The van der Waals surface area contributed by atoms with E-state index in [-0.39, 0.29) is 0 Å². The minimum Gasteiger partial charge on any atom is -0.379 e. The molecule has 8 heteroatoms. The molecule has 1 aliphatic rings. The number of morpholine rings is 1. The number of aryl methyl sites for hydroxylation is 2. The van der Waals surface area contributed by atoms with E-state index in [2.05, 4.69) is 56.9 Å². The van der Waals surface area contributed by atoms with Crippen molar-refractivity contribution in [2.45, 2.75) is 26.4 Å². The van der Waals surface area contributed by atoms with E-state index in [0.29, 0.717) is 12.6 Å². The molecule has 0 spiro atoms. The predicted octanol–water partition coefficient (Wildman–Crippen LogP) is 2.56. The van der Waals surface area contributed by atoms with Crippen molar-refractivity contribution in [2.75, 3.05) is 39.9 Å². The lowest BCUT2D eigenvalue weighted by molar-refractivity contribution is 0.0177. The van der Waals surface area contributed by atoms with Crippen molar-refractivity contribution >= 4 is 28.6 Å². The van der Waals surface area contributed by atoms with Crippen molar-refractivity contribution in [1.29, 1.82) is 0 Å². The predicted molar refractivity (Wildman–Crippen MR) is 109 cm³/mol. The molecule has 3 heterocycles. The molecule has 2 N–H and O–H groups in total. The zero-order valence-electron chi connectivity index (χ0n) is 15.6. The van der Waals surface area contributed by atoms with E-state index in [1.54, 1.807) is 11.3 Å². The molecule has 6 nitrogen and oxygen atoms in total. The second-order valence-corrected chi connectivity index (χ2v) is 8.50. The fourth-order valence-electron chi connectivity index (χ4n) is 2.97. The minimum atomic E-state index is 0.335. The SMILES string of the molecule is CN=C(NCc1nc(C)c(C)s1)NCC(c1cccs1)N1CCOCC1. The van der Waals surface area contributed by atoms with Gasteiger partial charge in [-0.2, -0.15) is 0 Å². The molecule has 0 saturated carbocycles. The molecular formula is C18H27N5OS2. The summed E-state index contributed by atoms with van der Waals surface area (Å²) in [7, 11) is 1.81. The third-order valence-electron chi connectivity index (χ3n) is 4.52. The standard InChI is InChI=1S/C18H27N5OS2/c1-13-14(2)26-17(22-13)12-21-18(19-3)20-11-15(16-5-4-10-25-16)23-6-8-24-9-7-23/h4-5,10,15H,6-9,11-12H2,1-3H3,(H2,19,20,21). The van der Waals surface area contributed by atoms with Crippen molar-refractivity contribution in [2.24, 2.45) is 4.99 Å². The summed E-state index contributed by atoms with van der Waals surface area (Å²) in [5, 5.41) is 10.1. The molecule has 1 aliphatic heterocycles. The lowest BCUT2D eigenvalue weighted by Crippen LogP contribution is -2.46. The monoisotopic (exact) mass is 393 g/mol. The first-order chi connectivity index (χ1) is 12.7. The summed E-state index contributed by atoms with van der Waals surface area (Å²) in [6.07, 6.45) is 0. The summed E-state index contributed by atoms with van der Waals surface area (Å²) in [5.74, 6) is 0.810. The van der Waals surface area contributed by atoms with Crippen LogP contribution in [0.5, 0.6) is 0 Å². The third-order valence-corrected chi connectivity index (χ3v) is 6.57. The number of nitrogens with zero attached hydrogens (tertiary/aromatic N) is 3. The summed E-state index contributed by atoms with van der Waals surface area (Å²) in [6.45, 7) is 9.21. The maximum absolute atomic E-state index is 5.51. The van der Waals surface area contributed by atoms with Gasteiger partial charge in [0.2, 0.25) is 0 Å². The van der Waals surface area contributed by atoms with E-state index in [0.717, 1.165) is 49.5 Å². The number of aliphatic imine (C=N–C) groups is 1. The van der Waals surface area contributed by atoms with Crippen molar-refractivity contribution in [1.82, 2.24) is 20.5 Å². The number of guanidine groups is 1. The second kappa shape index (κ2) is 9.45. The van der Waals surface area contributed by atoms with E-state index in [1.807, 2.05) is 18.4 Å². The van der Waals surface area contributed by atoms with Crippen LogP contribution in [0.4, 0.5) is 0 Å². The van der Waals surface area contributed by atoms with Crippen molar-refractivity contribution < 1.29 is 4.74 Å². The van der Waals surface area contributed by atoms with Crippen LogP contribution in [0.25, 0.3) is 0 Å². The van der Waals surface area contributed by atoms with Gasteiger partial charge in [0.15, 0.2) is 5.96 Å². The van der Waals surface area contributed by atoms with Gasteiger partial charge in [0.1, 0.15) is 5.01 Å². The molecule has 0 aliphatic carbocycles. The van der Waals surface area contributed by atoms with Crippen molar-refractivity contribution in [3.63, 3.8) is 0 Å². The van der Waals surface area contributed by atoms with Gasteiger partial charge in [0.25, 0.3) is 0 Å². The highest BCUT2D eigenvalue weighted by molar-refractivity contribution is 7.11. The van der Waals surface area contributed by atoms with Crippen LogP contribution in [0.1, 0.15) is 26.5 Å². The number of thiophene rings is 1. The number of rotatable bonds is 6. The summed E-state index contributed by atoms with van der Waals surface area (Å²) in [4.78, 5) is 14.1. The molecule has 1 atom stereocenters. The van der Waals surface area contributed by atoms with Gasteiger partial charge < -0.3 is 15.4 Å². The largest absolute Gasteiger partial charge is 0.379 e. The van der Waals surface area contributed by atoms with E-state index >= 15 is 0 Å². The lowest BCUT2D eigenvalue weighted by Gasteiger charge is -2.34. The molecule has 0 aromatic carbocycles. The van der Waals surface area contributed by atoms with E-state index in [1.165, 1.54) is 9.75 Å². The molecule has 1 saturated heterocycles. The molecule has 1 fully saturated rings. The molecule has 1 unspecified atom stereocenters. The first-order valence-corrected chi connectivity index (χ1v) is 10.6. The first kappa shape index (κ1) is 19.3. The Morgan fingerprint density at radius 2 is 2.15 bits per heavy atom. The number of thiazole rings is 1. The van der Waals surface area contributed by atoms with Crippen LogP contribution in [0.3, 0.4) is 0 Å². The van der Waals surface area contributed by atoms with Crippen molar-refractivity contribution in [3.05, 3.63) is 38.0 Å². The average Bonchev–Trinajstić information content (AvgIpc) is 3.29. The number of aromatic nitrogens is 1. The third kappa shape index (κ3) is 5.03. The molecule has 0 radical (unpaired) electrons. The molecular weight excluding hydrogens is 366 g/mol. The molecule has 3 rings (SSSR count). The van der Waals surface area contributed by atoms with Gasteiger partial charge in [-0.15, -0.1) is 22.7 Å². The topological polar surface area (TPSA) is 61.8 Å². The first-order valence-electron chi connectivity index (χ1n) is 8.90. The van der Waals surface area contributed by atoms with Crippen LogP contribution in [-0.2, 0) is 11.3 Å². The maximum atomic E-state index is 5.51. The second-order valence-electron chi connectivity index (χ2n) is 6.24. The fraction of sp³-hybridized carbons (Fsp3) is 0.556. The van der Waals surface area contributed by atoms with Crippen LogP contribution in [-0.4, -0.2) is 55.7 Å². The zero-order chi connectivity index (χ0) is 18.4. The Morgan fingerprint density at radius 1 is 1.35 bits per heavy atom. The van der Waals surface area contributed by atoms with Gasteiger partial charge in [0.05, 0.1) is 31.5 Å². The maximum Gasteiger partial charge on any atom is 0.191 e. The number of nitrogens with one attached hydrogen (secondary N) is 2. The molecule has 2 aromatic heterocycles. The highest BCUT2D eigenvalue weighted by Crippen LogP contribution is 2.25. The van der Waals surface area contributed by atoms with Crippen LogP contribution in [0, 0.1) is 13.8 Å². The molecule has 0 bridgehead atoms. The molecule has 2 aromatic rings. The Kier molecular flexibility index (Phi) is 7.01. The summed E-state index contributed by atoms with van der Waals surface area (Å²) >= 11 is 3.54. The van der Waals surface area contributed by atoms with E-state index in [4.69, 9.17) is 4.74 Å². The Hall–Kier alpha value is -1.48. The smallest absolute Gasteiger partial charge is 0.191 e. The summed E-state index contributed by atoms with van der Waals surface area (Å²) in [5.41, 5.74) is 1.11. The Morgan fingerprint density at radius 3 is 2.77 bits per heavy atom. The van der Waals surface area contributed by atoms with Crippen LogP contribution < -0.4 is 10.6 Å². The van der Waals surface area contributed by atoms with Crippen LogP contribution in [0.2, 0.25) is 0 Å². The number of hydrogen-bond acceptors (Lipinski definition) is 6. The summed E-state index contributed by atoms with van der Waals surface area (Å²) < 4.78 is 5.51. The summed E-state index contributed by atoms with van der Waals surface area (Å²) in [6, 6.07) is 4.67. The highest BCUT2D eigenvalue weighted by atomic mass is 32.1. The minimum absolute atomic E-state index is 0.335. The average molecular weight is 394 g/mol. The normalized spacial score (nSPS) is 17.3. The number of hydrogen-bond donors (Lipinski definition) is 2. The van der Waals surface area contributed by atoms with Gasteiger partial charge >= 0.3 is 0 Å². The molecule has 142 valence electrons. The van der Waals surface area contributed by atoms with Gasteiger partial charge in [-0.05, 0) is 25.3 Å². The van der Waals surface area contributed by atoms with Gasteiger partial charge in [0, 0.05) is 36.4 Å². The quantitative estimate of drug-likeness (QED) is 0.583. The van der Waals surface area contributed by atoms with Gasteiger partial charge in [-0.3, -0.25) is 9.89 Å². The lowest BCUT2D eigenvalue weighted by atomic mass is 10.2. The molecule has 0 amide bonds. The highest BCUT2D eigenvalue weighted by Gasteiger charge is 2.23. The van der Waals surface area contributed by atoms with Crippen molar-refractivity contribution in [3.8, 4) is 0 Å². The molecule has 26 heavy (non-hydrogen) atoms. The zero-order valence-corrected chi connectivity index (χ0v) is 17.3. The Labute approximate surface area is 163 Å². The van der Waals surface area contributed by atoms with E-state index in [9.17, 15) is 0 Å². The van der Waals surface area contributed by atoms with Gasteiger partial charge in [-0.1, -0.05) is 6.07 Å². The van der Waals surface area contributed by atoms with Gasteiger partial charge in [-0.25, -0.2) is 4.98 Å². The Bertz CT molecular complexity index is 688.